The average molecular weight is 1260 g/mol. The van der Waals surface area contributed by atoms with Crippen LogP contribution >= 0.6 is 20.7 Å². The van der Waals surface area contributed by atoms with Gasteiger partial charge in [-0.15, -0.1) is 0 Å². The molecular formula is C83H52N7OP3. The van der Waals surface area contributed by atoms with Crippen molar-refractivity contribution < 1.29 is 4.79 Å². The summed E-state index contributed by atoms with van der Waals surface area (Å²) in [4.78, 5) is 23.1. The van der Waals surface area contributed by atoms with Gasteiger partial charge in [-0.25, -0.2) is 14.5 Å². The largest absolute Gasteiger partial charge is 0.298 e. The standard InChI is InChI=1S/C37H23N2P.C26H16N3P.C20H13N2OP/c1-39-37-24-27(22-30(25-38)40(37,28-12-4-2-5-13-28)29-14-6-3-7-15-29)26-20-21-35-33-18-9-8-16-31(33)32-17-10-11-19-34(32)36(35)23-26;1-29-26-17-22(21-14-12-20(18-27)13-15-21)16-25(19-28)30(26,23-8-4-2-5-9-23)24-10-6-3-7-11-24;1-22-20-13-16(15-23)12-19(14-21)24(20,17-8-4-2-5-9-17)18-10-6-3-7-11-18/h2-24H;2-17H;2-13,15H. The maximum Gasteiger partial charge on any atom is 0.196 e. The van der Waals surface area contributed by atoms with Gasteiger partial charge in [-0.3, -0.25) is 4.79 Å². The highest BCUT2D eigenvalue weighted by Crippen LogP contribution is 2.61. The Morgan fingerprint density at radius 2 is 0.585 bits per heavy atom. The molecule has 3 heterocycles. The van der Waals surface area contributed by atoms with Crippen molar-refractivity contribution in [3.8, 4) is 24.3 Å². The summed E-state index contributed by atoms with van der Waals surface area (Å²) >= 11 is 0. The lowest BCUT2D eigenvalue weighted by atomic mass is 9.92. The van der Waals surface area contributed by atoms with Crippen molar-refractivity contribution in [1.82, 2.24) is 0 Å². The van der Waals surface area contributed by atoms with E-state index < -0.39 is 20.7 Å². The minimum absolute atomic E-state index is 0.361. The molecule has 8 nitrogen and oxygen atoms in total. The quantitative estimate of drug-likeness (QED) is 0.0616. The molecule has 0 unspecified atom stereocenters. The molecule has 0 aromatic heterocycles. The molecule has 0 fully saturated rings. The fraction of sp³-hybridized carbons (Fsp3) is 0. The van der Waals surface area contributed by atoms with Crippen LogP contribution in [0.25, 0.3) is 58.0 Å². The molecule has 0 aliphatic carbocycles. The molecular weight excluding hydrogens is 1200 g/mol. The molecule has 0 spiro atoms. The van der Waals surface area contributed by atoms with E-state index in [1.807, 2.05) is 194 Å². The Morgan fingerprint density at radius 1 is 0.298 bits per heavy atom. The summed E-state index contributed by atoms with van der Waals surface area (Å²) in [6.07, 6.45) is 11.8. The molecule has 0 bridgehead atoms. The Labute approximate surface area is 547 Å². The van der Waals surface area contributed by atoms with E-state index in [0.717, 1.165) is 54.1 Å². The Hall–Kier alpha value is -12.4. The second-order valence-corrected chi connectivity index (χ2v) is 31.8. The fourth-order valence-corrected chi connectivity index (χ4v) is 24.3. The molecule has 0 radical (unpaired) electrons. The zero-order valence-corrected chi connectivity index (χ0v) is 53.1. The fourth-order valence-electron chi connectivity index (χ4n) is 12.8. The lowest BCUT2D eigenvalue weighted by Gasteiger charge is -2.31. The monoisotopic (exact) mass is 1260 g/mol. The Kier molecular flexibility index (Phi) is 18.0. The van der Waals surface area contributed by atoms with Gasteiger partial charge in [0, 0.05) is 26.2 Å². The summed E-state index contributed by atoms with van der Waals surface area (Å²) < 4.78 is 0. The van der Waals surface area contributed by atoms with Crippen LogP contribution in [0.3, 0.4) is 0 Å². The van der Waals surface area contributed by atoms with E-state index in [2.05, 4.69) is 130 Å². The third-order valence-corrected chi connectivity index (χ3v) is 29.0. The van der Waals surface area contributed by atoms with Gasteiger partial charge in [0.25, 0.3) is 0 Å². The number of carbonyl (C=O) groups excluding carboxylic acids is 1. The number of nitriles is 4. The highest BCUT2D eigenvalue weighted by Gasteiger charge is 2.38. The lowest BCUT2D eigenvalue weighted by molar-refractivity contribution is -0.104. The molecule has 11 heteroatoms. The maximum absolute atomic E-state index is 11.2. The van der Waals surface area contributed by atoms with Gasteiger partial charge in [-0.2, -0.15) is 21.0 Å². The van der Waals surface area contributed by atoms with Crippen LogP contribution < -0.4 is 31.8 Å². The van der Waals surface area contributed by atoms with Crippen molar-refractivity contribution in [1.29, 1.82) is 21.0 Å². The van der Waals surface area contributed by atoms with Gasteiger partial charge in [0.05, 0.1) is 65.4 Å². The van der Waals surface area contributed by atoms with Crippen LogP contribution in [0.15, 0.2) is 331 Å². The first-order valence-corrected chi connectivity index (χ1v) is 35.2. The van der Waals surface area contributed by atoms with E-state index in [-0.39, 0.29) is 0 Å². The normalized spacial score (nSPS) is 14.7. The number of benzene rings is 11. The first-order chi connectivity index (χ1) is 46.3. The van der Waals surface area contributed by atoms with Crippen molar-refractivity contribution >= 4 is 118 Å². The number of allylic oxidation sites excluding steroid dienone is 9. The average Bonchev–Trinajstić information content (AvgIpc) is 0.749. The zero-order valence-electron chi connectivity index (χ0n) is 50.4. The van der Waals surface area contributed by atoms with E-state index in [1.165, 1.54) is 32.3 Å². The predicted octanol–water partition coefficient (Wildman–Crippen LogP) is 17.0. The molecule has 94 heavy (non-hydrogen) atoms. The molecule has 0 saturated carbocycles. The van der Waals surface area contributed by atoms with Crippen LogP contribution in [0.1, 0.15) is 16.7 Å². The third kappa shape index (κ3) is 10.9. The summed E-state index contributed by atoms with van der Waals surface area (Å²) in [5.74, 6) is 0. The van der Waals surface area contributed by atoms with Gasteiger partial charge < -0.3 is 0 Å². The van der Waals surface area contributed by atoms with Crippen LogP contribution in [0.2, 0.25) is 0 Å². The van der Waals surface area contributed by atoms with Crippen molar-refractivity contribution in [2.45, 2.75) is 0 Å². The number of hydrogen-bond donors (Lipinski definition) is 0. The van der Waals surface area contributed by atoms with E-state index >= 15 is 0 Å². The van der Waals surface area contributed by atoms with Crippen molar-refractivity contribution in [3.05, 3.63) is 382 Å². The molecule has 11 aromatic carbocycles. The zero-order chi connectivity index (χ0) is 65.1. The SMILES string of the molecule is [C-]#[N+]C1=CC(C=O)=CC(C#N)=P1(c1ccccc1)c1ccccc1.[C-]#[N+]C1=CC(c2ccc(C#N)cc2)=CC(C#N)=P1(c1ccccc1)c1ccccc1.[C-]#[N+]C1=CC(c2ccc3c4ccccc4c4ccccc4c3c2)=CC(C#N)=P1(c1ccccc1)c1ccccc1. The van der Waals surface area contributed by atoms with Crippen LogP contribution in [-0.4, -0.2) is 22.2 Å². The predicted molar refractivity (Wildman–Crippen MR) is 393 cm³/mol. The number of fused-ring (bicyclic) bond motifs is 6. The van der Waals surface area contributed by atoms with Gasteiger partial charge in [-0.05, 0) is 141 Å². The third-order valence-electron chi connectivity index (χ3n) is 17.0. The van der Waals surface area contributed by atoms with Crippen molar-refractivity contribution in [2.24, 2.45) is 0 Å². The summed E-state index contributed by atoms with van der Waals surface area (Å²) in [7, 11) is 0. The molecule has 440 valence electrons. The van der Waals surface area contributed by atoms with Crippen molar-refractivity contribution in [2.75, 3.05) is 0 Å². The van der Waals surface area contributed by atoms with E-state index in [1.54, 1.807) is 24.3 Å². The van der Waals surface area contributed by atoms with E-state index in [4.69, 9.17) is 25.0 Å². The van der Waals surface area contributed by atoms with Gasteiger partial charge in [0.2, 0.25) is 0 Å². The number of nitrogens with zero attached hydrogens (tertiary/aromatic N) is 7. The number of aldehydes is 1. The van der Waals surface area contributed by atoms with Crippen LogP contribution in [0.4, 0.5) is 0 Å². The summed E-state index contributed by atoms with van der Waals surface area (Å²) in [6.45, 7) is 16.4. The van der Waals surface area contributed by atoms with Crippen LogP contribution in [0, 0.1) is 65.0 Å². The summed E-state index contributed by atoms with van der Waals surface area (Å²) in [5, 5.41) is 54.6. The minimum atomic E-state index is -2.61. The van der Waals surface area contributed by atoms with Gasteiger partial charge in [0.1, 0.15) is 6.29 Å². The Balaban J connectivity index is 0.000000140. The smallest absolute Gasteiger partial charge is 0.196 e. The first-order valence-electron chi connectivity index (χ1n) is 29.8. The first kappa shape index (κ1) is 61.9. The number of carbonyl (C=O) groups is 1. The molecule has 14 rings (SSSR count). The topological polar surface area (TPSA) is 125 Å². The number of hydrogen-bond acceptors (Lipinski definition) is 5. The highest BCUT2D eigenvalue weighted by atomic mass is 31.2. The minimum Gasteiger partial charge on any atom is -0.298 e. The Morgan fingerprint density at radius 3 is 0.904 bits per heavy atom. The van der Waals surface area contributed by atoms with Gasteiger partial charge in [0.15, 0.2) is 16.3 Å². The molecule has 0 saturated heterocycles. The molecule has 11 aromatic rings. The number of rotatable bonds is 9. The second kappa shape index (κ2) is 27.4. The lowest BCUT2D eigenvalue weighted by Crippen LogP contribution is -2.23. The molecule has 3 aliphatic rings. The van der Waals surface area contributed by atoms with Crippen LogP contribution in [-0.2, 0) is 4.79 Å². The molecule has 3 aliphatic heterocycles. The molecule has 0 atom stereocenters. The highest BCUT2D eigenvalue weighted by molar-refractivity contribution is 7.94. The summed E-state index contributed by atoms with van der Waals surface area (Å²) in [5.41, 5.74) is 6.18. The Bertz CT molecular complexity index is 5420. The van der Waals surface area contributed by atoms with Gasteiger partial charge >= 0.3 is 0 Å². The molecule has 0 amide bonds. The van der Waals surface area contributed by atoms with Crippen molar-refractivity contribution in [3.63, 3.8) is 0 Å². The summed E-state index contributed by atoms with van der Waals surface area (Å²) in [6, 6.07) is 99.4. The molecule has 0 N–H and O–H groups in total. The van der Waals surface area contributed by atoms with Gasteiger partial charge in [-0.1, -0.05) is 255 Å². The van der Waals surface area contributed by atoms with E-state index in [0.29, 0.717) is 49.6 Å². The maximum atomic E-state index is 11.2. The van der Waals surface area contributed by atoms with Crippen LogP contribution in [0.5, 0.6) is 0 Å². The second-order valence-electron chi connectivity index (χ2n) is 21.9. The van der Waals surface area contributed by atoms with E-state index in [9.17, 15) is 20.6 Å².